The number of carbonyl (C=O) groups excluding carboxylic acids is 1. The molecular weight excluding hydrogens is 418 g/mol. The van der Waals surface area contributed by atoms with E-state index >= 15 is 0 Å². The van der Waals surface area contributed by atoms with Gasteiger partial charge in [0.2, 0.25) is 0 Å². The summed E-state index contributed by atoms with van der Waals surface area (Å²) in [5.74, 6) is 0.0447. The van der Waals surface area contributed by atoms with Gasteiger partial charge in [0, 0.05) is 23.4 Å². The standard InChI is InChI=1S/C23H18ClN3O4/c1-13-8-14(2)22(15(3)9-13)26-23(28)17(12-25)10-18-5-7-21(31-18)16-4-6-19(24)20(11-16)27(29)30/h4-11H,1-3H3,(H,26,28)/b17-10-. The Labute approximate surface area is 183 Å². The Balaban J connectivity index is 1.87. The molecule has 3 aromatic rings. The van der Waals surface area contributed by atoms with Crippen LogP contribution >= 0.6 is 11.6 Å². The number of amides is 1. The number of halogens is 1. The van der Waals surface area contributed by atoms with Crippen LogP contribution in [0.3, 0.4) is 0 Å². The van der Waals surface area contributed by atoms with Crippen LogP contribution in [0.4, 0.5) is 11.4 Å². The third-order valence-corrected chi connectivity index (χ3v) is 4.94. The third kappa shape index (κ3) is 4.82. The monoisotopic (exact) mass is 435 g/mol. The first-order chi connectivity index (χ1) is 14.7. The Morgan fingerprint density at radius 3 is 2.45 bits per heavy atom. The average molecular weight is 436 g/mol. The first-order valence-electron chi connectivity index (χ1n) is 9.24. The predicted octanol–water partition coefficient (Wildman–Crippen LogP) is 5.98. The normalized spacial score (nSPS) is 11.1. The van der Waals surface area contributed by atoms with Crippen molar-refractivity contribution < 1.29 is 14.1 Å². The maximum atomic E-state index is 12.6. The smallest absolute Gasteiger partial charge is 0.288 e. The molecule has 0 bridgehead atoms. The Bertz CT molecular complexity index is 1250. The van der Waals surface area contributed by atoms with Gasteiger partial charge in [0.1, 0.15) is 28.2 Å². The minimum atomic E-state index is -0.581. The van der Waals surface area contributed by atoms with Gasteiger partial charge < -0.3 is 9.73 Å². The van der Waals surface area contributed by atoms with E-state index in [0.717, 1.165) is 16.7 Å². The molecule has 8 heteroatoms. The lowest BCUT2D eigenvalue weighted by Crippen LogP contribution is -2.15. The van der Waals surface area contributed by atoms with Crippen molar-refractivity contribution in [2.75, 3.05) is 5.32 Å². The van der Waals surface area contributed by atoms with Crippen molar-refractivity contribution >= 4 is 35.0 Å². The molecule has 0 spiro atoms. The minimum Gasteiger partial charge on any atom is -0.457 e. The molecule has 0 aliphatic carbocycles. The Hall–Kier alpha value is -3.89. The van der Waals surface area contributed by atoms with E-state index in [2.05, 4.69) is 5.32 Å². The largest absolute Gasteiger partial charge is 0.457 e. The highest BCUT2D eigenvalue weighted by Gasteiger charge is 2.17. The van der Waals surface area contributed by atoms with E-state index in [1.165, 1.54) is 18.2 Å². The molecule has 0 atom stereocenters. The lowest BCUT2D eigenvalue weighted by molar-refractivity contribution is -0.384. The summed E-state index contributed by atoms with van der Waals surface area (Å²) in [5, 5.41) is 23.3. The number of rotatable bonds is 5. The summed E-state index contributed by atoms with van der Waals surface area (Å²) in [6.07, 6.45) is 1.32. The molecule has 31 heavy (non-hydrogen) atoms. The Morgan fingerprint density at radius 1 is 1.16 bits per heavy atom. The van der Waals surface area contributed by atoms with Crippen LogP contribution in [0.15, 0.2) is 52.5 Å². The van der Waals surface area contributed by atoms with E-state index < -0.39 is 10.8 Å². The van der Waals surface area contributed by atoms with Gasteiger partial charge in [-0.2, -0.15) is 5.26 Å². The highest BCUT2D eigenvalue weighted by Crippen LogP contribution is 2.31. The maximum Gasteiger partial charge on any atom is 0.288 e. The summed E-state index contributed by atoms with van der Waals surface area (Å²) in [4.78, 5) is 23.1. The first kappa shape index (κ1) is 21.8. The summed E-state index contributed by atoms with van der Waals surface area (Å²) < 4.78 is 5.67. The van der Waals surface area contributed by atoms with E-state index in [-0.39, 0.29) is 22.0 Å². The first-order valence-corrected chi connectivity index (χ1v) is 9.62. The number of nitro benzene ring substituents is 1. The second-order valence-corrected chi connectivity index (χ2v) is 7.43. The van der Waals surface area contributed by atoms with Crippen molar-refractivity contribution in [2.45, 2.75) is 20.8 Å². The predicted molar refractivity (Wildman–Crippen MR) is 119 cm³/mol. The number of nitrogens with one attached hydrogen (secondary N) is 1. The fourth-order valence-corrected chi connectivity index (χ4v) is 3.43. The highest BCUT2D eigenvalue weighted by molar-refractivity contribution is 6.32. The van der Waals surface area contributed by atoms with Crippen molar-refractivity contribution in [3.63, 3.8) is 0 Å². The summed E-state index contributed by atoms with van der Waals surface area (Å²) in [7, 11) is 0. The zero-order chi connectivity index (χ0) is 22.7. The second kappa shape index (κ2) is 8.86. The molecule has 0 radical (unpaired) electrons. The average Bonchev–Trinajstić information content (AvgIpc) is 3.17. The molecule has 1 N–H and O–H groups in total. The van der Waals surface area contributed by atoms with Gasteiger partial charge in [-0.05, 0) is 56.2 Å². The topological polar surface area (TPSA) is 109 Å². The number of nitrogens with zero attached hydrogens (tertiary/aromatic N) is 2. The lowest BCUT2D eigenvalue weighted by Gasteiger charge is -2.12. The van der Waals surface area contributed by atoms with Gasteiger partial charge in [0.25, 0.3) is 11.6 Å². The molecule has 0 aliphatic rings. The molecule has 7 nitrogen and oxygen atoms in total. The molecule has 1 amide bonds. The zero-order valence-electron chi connectivity index (χ0n) is 17.0. The number of hydrogen-bond donors (Lipinski definition) is 1. The van der Waals surface area contributed by atoms with E-state index in [9.17, 15) is 20.2 Å². The lowest BCUT2D eigenvalue weighted by atomic mass is 10.0. The van der Waals surface area contributed by atoms with Crippen molar-refractivity contribution in [3.05, 3.63) is 85.6 Å². The molecule has 2 aromatic carbocycles. The molecule has 0 fully saturated rings. The molecule has 3 rings (SSSR count). The van der Waals surface area contributed by atoms with Gasteiger partial charge in [0.05, 0.1) is 4.92 Å². The molecule has 1 heterocycles. The fourth-order valence-electron chi connectivity index (χ4n) is 3.24. The van der Waals surface area contributed by atoms with Crippen LogP contribution in [-0.2, 0) is 4.79 Å². The van der Waals surface area contributed by atoms with Crippen LogP contribution in [0.25, 0.3) is 17.4 Å². The molecule has 0 saturated carbocycles. The SMILES string of the molecule is Cc1cc(C)c(NC(=O)/C(C#N)=C\c2ccc(-c3ccc(Cl)c([N+](=O)[O-])c3)o2)c(C)c1. The Morgan fingerprint density at radius 2 is 1.84 bits per heavy atom. The second-order valence-electron chi connectivity index (χ2n) is 7.02. The van der Waals surface area contributed by atoms with Crippen molar-refractivity contribution in [2.24, 2.45) is 0 Å². The number of carbonyl (C=O) groups is 1. The van der Waals surface area contributed by atoms with Crippen molar-refractivity contribution in [1.29, 1.82) is 5.26 Å². The number of furan rings is 1. The van der Waals surface area contributed by atoms with E-state index in [4.69, 9.17) is 16.0 Å². The van der Waals surface area contributed by atoms with Gasteiger partial charge in [-0.3, -0.25) is 14.9 Å². The van der Waals surface area contributed by atoms with Gasteiger partial charge >= 0.3 is 0 Å². The summed E-state index contributed by atoms with van der Waals surface area (Å²) in [5.41, 5.74) is 3.60. The quantitative estimate of drug-likeness (QED) is 0.229. The minimum absolute atomic E-state index is 0.0190. The van der Waals surface area contributed by atoms with E-state index in [0.29, 0.717) is 17.0 Å². The van der Waals surface area contributed by atoms with Crippen LogP contribution in [0, 0.1) is 42.2 Å². The molecule has 1 aromatic heterocycles. The third-order valence-electron chi connectivity index (χ3n) is 4.62. The van der Waals surface area contributed by atoms with E-state index in [1.54, 1.807) is 18.2 Å². The van der Waals surface area contributed by atoms with Gasteiger partial charge in [-0.15, -0.1) is 0 Å². The number of anilines is 1. The van der Waals surface area contributed by atoms with Crippen LogP contribution in [-0.4, -0.2) is 10.8 Å². The fraction of sp³-hybridized carbons (Fsp3) is 0.130. The van der Waals surface area contributed by atoms with E-state index in [1.807, 2.05) is 39.0 Å². The Kier molecular flexibility index (Phi) is 6.23. The number of hydrogen-bond acceptors (Lipinski definition) is 5. The van der Waals surface area contributed by atoms with Crippen LogP contribution in [0.2, 0.25) is 5.02 Å². The molecule has 156 valence electrons. The van der Waals surface area contributed by atoms with Crippen molar-refractivity contribution in [1.82, 2.24) is 0 Å². The zero-order valence-corrected chi connectivity index (χ0v) is 17.8. The number of aryl methyl sites for hydroxylation is 3. The number of nitro groups is 1. The molecular formula is C23H18ClN3O4. The highest BCUT2D eigenvalue weighted by atomic mass is 35.5. The van der Waals surface area contributed by atoms with Crippen LogP contribution < -0.4 is 5.32 Å². The molecule has 0 saturated heterocycles. The van der Waals surface area contributed by atoms with Crippen LogP contribution in [0.1, 0.15) is 22.5 Å². The van der Waals surface area contributed by atoms with Gasteiger partial charge in [-0.25, -0.2) is 0 Å². The van der Waals surface area contributed by atoms with Crippen molar-refractivity contribution in [3.8, 4) is 17.4 Å². The molecule has 0 unspecified atom stereocenters. The number of nitriles is 1. The summed E-state index contributed by atoms with van der Waals surface area (Å²) in [6.45, 7) is 5.74. The summed E-state index contributed by atoms with van der Waals surface area (Å²) >= 11 is 5.84. The summed E-state index contributed by atoms with van der Waals surface area (Å²) in [6, 6.07) is 13.2. The van der Waals surface area contributed by atoms with Gasteiger partial charge in [0.15, 0.2) is 0 Å². The molecule has 0 aliphatic heterocycles. The maximum absolute atomic E-state index is 12.6. The van der Waals surface area contributed by atoms with Crippen LogP contribution in [0.5, 0.6) is 0 Å². The van der Waals surface area contributed by atoms with Gasteiger partial charge in [-0.1, -0.05) is 29.3 Å². The number of benzene rings is 2.